The smallest absolute Gasteiger partial charge is 0.260 e. The second-order valence-electron chi connectivity index (χ2n) is 5.96. The maximum Gasteiger partial charge on any atom is 0.260 e. The summed E-state index contributed by atoms with van der Waals surface area (Å²) in [6, 6.07) is 0. The molecule has 6 heteroatoms. The summed E-state index contributed by atoms with van der Waals surface area (Å²) in [5, 5.41) is 6.39. The van der Waals surface area contributed by atoms with E-state index in [0.717, 1.165) is 0 Å². The van der Waals surface area contributed by atoms with E-state index in [1.165, 1.54) is 0 Å². The van der Waals surface area contributed by atoms with Gasteiger partial charge in [0.1, 0.15) is 0 Å². The highest BCUT2D eigenvalue weighted by molar-refractivity contribution is 5.84. The molecule has 1 aliphatic carbocycles. The molecule has 0 spiro atoms. The van der Waals surface area contributed by atoms with Gasteiger partial charge in [0, 0.05) is 18.9 Å². The van der Waals surface area contributed by atoms with E-state index in [2.05, 4.69) is 43.2 Å². The number of nitrogen functional groups attached to an aromatic ring is 1. The first-order valence-corrected chi connectivity index (χ1v) is 6.12. The number of carbonyl (C=O) groups excluding carboxylic acids is 1. The molecule has 2 rings (SSSR count). The first-order chi connectivity index (χ1) is 8.26. The summed E-state index contributed by atoms with van der Waals surface area (Å²) in [7, 11) is 0. The van der Waals surface area contributed by atoms with Gasteiger partial charge in [-0.1, -0.05) is 27.7 Å². The minimum atomic E-state index is 0.0615. The topological polar surface area (TPSA) is 94.0 Å². The Balaban J connectivity index is 1.80. The minimum Gasteiger partial charge on any atom is -0.365 e. The van der Waals surface area contributed by atoms with E-state index in [-0.39, 0.29) is 28.6 Å². The lowest BCUT2D eigenvalue weighted by Gasteiger charge is -2.04. The molecule has 0 atom stereocenters. The number of hydrogen-bond donors (Lipinski definition) is 2. The van der Waals surface area contributed by atoms with Gasteiger partial charge < -0.3 is 15.6 Å². The zero-order chi connectivity index (χ0) is 13.6. The van der Waals surface area contributed by atoms with Gasteiger partial charge in [0.2, 0.25) is 11.8 Å². The van der Waals surface area contributed by atoms with E-state index in [1.54, 1.807) is 0 Å². The van der Waals surface area contributed by atoms with Gasteiger partial charge in [-0.25, -0.2) is 0 Å². The first kappa shape index (κ1) is 12.9. The number of carbonyl (C=O) groups is 1. The Morgan fingerprint density at radius 2 is 2.00 bits per heavy atom. The van der Waals surface area contributed by atoms with Crippen LogP contribution in [-0.4, -0.2) is 22.6 Å². The Kier molecular flexibility index (Phi) is 2.83. The highest BCUT2D eigenvalue weighted by Gasteiger charge is 2.68. The molecule has 1 saturated carbocycles. The average Bonchev–Trinajstić information content (AvgIpc) is 2.58. The predicted octanol–water partition coefficient (Wildman–Crippen LogP) is 0.993. The van der Waals surface area contributed by atoms with Crippen molar-refractivity contribution >= 4 is 11.9 Å². The molecule has 1 fully saturated rings. The molecule has 3 N–H and O–H groups in total. The van der Waals surface area contributed by atoms with Crippen molar-refractivity contribution in [2.45, 2.75) is 34.1 Å². The fraction of sp³-hybridized carbons (Fsp3) is 0.750. The number of amides is 1. The molecule has 0 aliphatic heterocycles. The van der Waals surface area contributed by atoms with Gasteiger partial charge in [0.05, 0.1) is 0 Å². The molecule has 18 heavy (non-hydrogen) atoms. The van der Waals surface area contributed by atoms with E-state index in [9.17, 15) is 4.79 Å². The van der Waals surface area contributed by atoms with Crippen molar-refractivity contribution in [3.63, 3.8) is 0 Å². The van der Waals surface area contributed by atoms with E-state index in [1.807, 2.05) is 0 Å². The number of nitrogens with zero attached hydrogens (tertiary/aromatic N) is 2. The highest BCUT2D eigenvalue weighted by atomic mass is 16.5. The number of rotatable bonds is 4. The molecular formula is C12H20N4O2. The molecule has 1 amide bonds. The molecule has 6 nitrogen and oxygen atoms in total. The van der Waals surface area contributed by atoms with Crippen LogP contribution < -0.4 is 11.1 Å². The normalized spacial score (nSPS) is 20.7. The summed E-state index contributed by atoms with van der Waals surface area (Å²) >= 11 is 0. The lowest BCUT2D eigenvalue weighted by molar-refractivity contribution is -0.123. The van der Waals surface area contributed by atoms with Gasteiger partial charge >= 0.3 is 0 Å². The fourth-order valence-corrected chi connectivity index (χ4v) is 2.62. The number of hydrogen-bond acceptors (Lipinski definition) is 5. The Hall–Kier alpha value is -1.59. The van der Waals surface area contributed by atoms with E-state index < -0.39 is 0 Å². The maximum atomic E-state index is 12.0. The van der Waals surface area contributed by atoms with Crippen LogP contribution >= 0.6 is 0 Å². The summed E-state index contributed by atoms with van der Waals surface area (Å²) in [5.74, 6) is 0.734. The summed E-state index contributed by atoms with van der Waals surface area (Å²) in [6.45, 7) is 8.97. The molecule has 1 aromatic rings. The summed E-state index contributed by atoms with van der Waals surface area (Å²) in [4.78, 5) is 15.9. The van der Waals surface area contributed by atoms with Gasteiger partial charge in [0.15, 0.2) is 0 Å². The lowest BCUT2D eigenvalue weighted by Crippen LogP contribution is -2.29. The largest absolute Gasteiger partial charge is 0.365 e. The van der Waals surface area contributed by atoms with Crippen molar-refractivity contribution in [3.8, 4) is 0 Å². The van der Waals surface area contributed by atoms with Crippen molar-refractivity contribution in [2.75, 3.05) is 12.3 Å². The monoisotopic (exact) mass is 252 g/mol. The lowest BCUT2D eigenvalue weighted by atomic mass is 10.0. The number of aromatic nitrogens is 2. The van der Waals surface area contributed by atoms with Crippen LogP contribution in [0.25, 0.3) is 0 Å². The first-order valence-electron chi connectivity index (χ1n) is 6.12. The zero-order valence-corrected chi connectivity index (χ0v) is 11.3. The van der Waals surface area contributed by atoms with Crippen molar-refractivity contribution in [1.29, 1.82) is 0 Å². The van der Waals surface area contributed by atoms with Crippen molar-refractivity contribution < 1.29 is 9.32 Å². The molecule has 1 aromatic heterocycles. The second kappa shape index (κ2) is 3.96. The van der Waals surface area contributed by atoms with Crippen molar-refractivity contribution in [2.24, 2.45) is 16.7 Å². The molecule has 0 radical (unpaired) electrons. The van der Waals surface area contributed by atoms with E-state index >= 15 is 0 Å². The molecule has 0 aromatic carbocycles. The molecule has 0 saturated heterocycles. The molecule has 1 heterocycles. The van der Waals surface area contributed by atoms with Crippen molar-refractivity contribution in [3.05, 3.63) is 5.89 Å². The van der Waals surface area contributed by atoms with Crippen LogP contribution in [0.1, 0.15) is 33.6 Å². The molecular weight excluding hydrogens is 232 g/mol. The average molecular weight is 252 g/mol. The maximum absolute atomic E-state index is 12.0. The van der Waals surface area contributed by atoms with Gasteiger partial charge in [0.25, 0.3) is 5.95 Å². The van der Waals surface area contributed by atoms with Crippen LogP contribution in [0.4, 0.5) is 5.95 Å². The summed E-state index contributed by atoms with van der Waals surface area (Å²) in [5.41, 5.74) is 5.46. The summed E-state index contributed by atoms with van der Waals surface area (Å²) < 4.78 is 4.87. The van der Waals surface area contributed by atoms with Crippen LogP contribution in [-0.2, 0) is 11.2 Å². The molecule has 1 aliphatic rings. The Labute approximate surface area is 106 Å². The third-order valence-corrected chi connectivity index (χ3v) is 4.40. The van der Waals surface area contributed by atoms with Crippen LogP contribution in [0, 0.1) is 16.7 Å². The Morgan fingerprint density at radius 1 is 1.39 bits per heavy atom. The van der Waals surface area contributed by atoms with Gasteiger partial charge in [-0.3, -0.25) is 4.79 Å². The van der Waals surface area contributed by atoms with Crippen LogP contribution in [0.15, 0.2) is 4.52 Å². The zero-order valence-electron chi connectivity index (χ0n) is 11.3. The quantitative estimate of drug-likeness (QED) is 0.833. The second-order valence-corrected chi connectivity index (χ2v) is 5.96. The predicted molar refractivity (Wildman–Crippen MR) is 66.5 cm³/mol. The highest BCUT2D eigenvalue weighted by Crippen LogP contribution is 2.68. The third-order valence-electron chi connectivity index (χ3n) is 4.40. The Bertz CT molecular complexity index is 450. The standard InChI is InChI=1S/C12H20N4O2/c1-11(2)8(12(11,3)4)9(17)14-6-5-7-15-10(13)16-18-7/h8H,5-6H2,1-4H3,(H2,13,16)(H,14,17). The third kappa shape index (κ3) is 1.95. The van der Waals surface area contributed by atoms with Crippen LogP contribution in [0.2, 0.25) is 0 Å². The number of anilines is 1. The van der Waals surface area contributed by atoms with Crippen molar-refractivity contribution in [1.82, 2.24) is 15.5 Å². The fourth-order valence-electron chi connectivity index (χ4n) is 2.62. The number of nitrogens with one attached hydrogen (secondary N) is 1. The van der Waals surface area contributed by atoms with Gasteiger partial charge in [-0.2, -0.15) is 4.98 Å². The van der Waals surface area contributed by atoms with Crippen LogP contribution in [0.3, 0.4) is 0 Å². The Morgan fingerprint density at radius 3 is 2.44 bits per heavy atom. The molecule has 0 unspecified atom stereocenters. The SMILES string of the molecule is CC1(C)C(C(=O)NCCc2nc(N)no2)C1(C)C. The van der Waals surface area contributed by atoms with Crippen LogP contribution in [0.5, 0.6) is 0 Å². The van der Waals surface area contributed by atoms with Gasteiger partial charge in [-0.15, -0.1) is 0 Å². The molecule has 0 bridgehead atoms. The van der Waals surface area contributed by atoms with E-state index in [4.69, 9.17) is 10.3 Å². The van der Waals surface area contributed by atoms with Gasteiger partial charge in [-0.05, 0) is 16.0 Å². The van der Waals surface area contributed by atoms with E-state index in [0.29, 0.717) is 18.9 Å². The minimum absolute atomic E-state index is 0.0615. The molecule has 100 valence electrons. The number of nitrogens with two attached hydrogens (primary N) is 1. The summed E-state index contributed by atoms with van der Waals surface area (Å²) in [6.07, 6.45) is 0.503.